The Hall–Kier alpha value is -2.02. The Labute approximate surface area is 128 Å². The molecule has 1 aromatic rings. The lowest BCUT2D eigenvalue weighted by Gasteiger charge is -2.29. The molecular weight excluding hydrogens is 290 g/mol. The Balaban J connectivity index is 1.99. The lowest BCUT2D eigenvalue weighted by molar-refractivity contribution is -0.125. The summed E-state index contributed by atoms with van der Waals surface area (Å²) in [6, 6.07) is 7.10. The summed E-state index contributed by atoms with van der Waals surface area (Å²) in [4.78, 5) is 36.8. The summed E-state index contributed by atoms with van der Waals surface area (Å²) in [6.45, 7) is 0.458. The van der Waals surface area contributed by atoms with Crippen LogP contribution in [0.25, 0.3) is 0 Å². The highest BCUT2D eigenvalue weighted by molar-refractivity contribution is 7.80. The number of thiol groups is 1. The first-order valence-corrected chi connectivity index (χ1v) is 7.32. The van der Waals surface area contributed by atoms with Crippen molar-refractivity contribution in [3.8, 4) is 0 Å². The second-order valence-electron chi connectivity index (χ2n) is 4.62. The number of rotatable bonds is 5. The van der Waals surface area contributed by atoms with E-state index in [1.165, 1.54) is 4.90 Å². The number of anilines is 2. The van der Waals surface area contributed by atoms with E-state index in [0.29, 0.717) is 23.7 Å². The molecular formula is C14H17N3O3S. The van der Waals surface area contributed by atoms with Crippen LogP contribution in [0.15, 0.2) is 24.3 Å². The zero-order chi connectivity index (χ0) is 15.2. The van der Waals surface area contributed by atoms with Crippen LogP contribution in [0.1, 0.15) is 12.8 Å². The number of benzene rings is 1. The quantitative estimate of drug-likeness (QED) is 0.704. The van der Waals surface area contributed by atoms with Gasteiger partial charge in [-0.3, -0.25) is 14.4 Å². The van der Waals surface area contributed by atoms with E-state index >= 15 is 0 Å². The van der Waals surface area contributed by atoms with Gasteiger partial charge in [0.25, 0.3) is 0 Å². The average Bonchev–Trinajstić information content (AvgIpc) is 2.49. The van der Waals surface area contributed by atoms with Crippen molar-refractivity contribution in [2.75, 3.05) is 29.1 Å². The van der Waals surface area contributed by atoms with Gasteiger partial charge in [0.05, 0.1) is 11.4 Å². The van der Waals surface area contributed by atoms with Gasteiger partial charge in [-0.2, -0.15) is 12.6 Å². The highest BCUT2D eigenvalue weighted by Gasteiger charge is 2.26. The fourth-order valence-electron chi connectivity index (χ4n) is 2.09. The van der Waals surface area contributed by atoms with E-state index in [0.717, 1.165) is 0 Å². The molecule has 0 bridgehead atoms. The Morgan fingerprint density at radius 3 is 2.81 bits per heavy atom. The first-order valence-electron chi connectivity index (χ1n) is 6.68. The maximum atomic E-state index is 12.2. The average molecular weight is 307 g/mol. The van der Waals surface area contributed by atoms with Gasteiger partial charge in [0.2, 0.25) is 17.7 Å². The number of nitrogens with one attached hydrogen (secondary N) is 2. The first kappa shape index (κ1) is 15.4. The molecule has 0 spiro atoms. The van der Waals surface area contributed by atoms with Gasteiger partial charge in [-0.25, -0.2) is 0 Å². The summed E-state index contributed by atoms with van der Waals surface area (Å²) in [5, 5.41) is 5.37. The van der Waals surface area contributed by atoms with Gasteiger partial charge >= 0.3 is 0 Å². The third kappa shape index (κ3) is 3.98. The van der Waals surface area contributed by atoms with E-state index < -0.39 is 0 Å². The van der Waals surface area contributed by atoms with Gasteiger partial charge in [0.15, 0.2) is 0 Å². The van der Waals surface area contributed by atoms with Crippen LogP contribution in [-0.2, 0) is 14.4 Å². The normalized spacial score (nSPS) is 13.4. The molecule has 1 aromatic carbocycles. The zero-order valence-corrected chi connectivity index (χ0v) is 12.4. The van der Waals surface area contributed by atoms with Crippen LogP contribution in [0.3, 0.4) is 0 Å². The summed E-state index contributed by atoms with van der Waals surface area (Å²) in [5.74, 6) is -0.105. The number of hydrogen-bond donors (Lipinski definition) is 3. The smallest absolute Gasteiger partial charge is 0.244 e. The first-order chi connectivity index (χ1) is 10.1. The number of carbonyl (C=O) groups excluding carboxylic acids is 3. The topological polar surface area (TPSA) is 78.5 Å². The molecule has 2 N–H and O–H groups in total. The molecule has 1 aliphatic heterocycles. The minimum atomic E-state index is -0.238. The second kappa shape index (κ2) is 7.12. The Bertz CT molecular complexity index is 562. The van der Waals surface area contributed by atoms with Crippen molar-refractivity contribution in [1.29, 1.82) is 0 Å². The summed E-state index contributed by atoms with van der Waals surface area (Å²) in [6.07, 6.45) is 0.174. The molecule has 3 amide bonds. The SMILES string of the molecule is O=C(CCC(=O)N1CC(=O)Nc2ccccc21)NCCS. The summed E-state index contributed by atoms with van der Waals surface area (Å²) < 4.78 is 0. The molecule has 0 aromatic heterocycles. The number of para-hydroxylation sites is 2. The predicted molar refractivity (Wildman–Crippen MR) is 83.5 cm³/mol. The van der Waals surface area contributed by atoms with E-state index in [1.807, 2.05) is 0 Å². The molecule has 0 fully saturated rings. The number of carbonyl (C=O) groups is 3. The molecule has 6 nitrogen and oxygen atoms in total. The van der Waals surface area contributed by atoms with Crippen LogP contribution in [0, 0.1) is 0 Å². The van der Waals surface area contributed by atoms with Crippen LogP contribution in [-0.4, -0.2) is 36.6 Å². The van der Waals surface area contributed by atoms with Gasteiger partial charge in [-0.05, 0) is 12.1 Å². The van der Waals surface area contributed by atoms with Crippen LogP contribution in [0.4, 0.5) is 11.4 Å². The van der Waals surface area contributed by atoms with Gasteiger partial charge in [-0.1, -0.05) is 12.1 Å². The summed E-state index contributed by atoms with van der Waals surface area (Å²) in [7, 11) is 0. The molecule has 0 saturated carbocycles. The molecule has 0 saturated heterocycles. The van der Waals surface area contributed by atoms with Crippen molar-refractivity contribution in [1.82, 2.24) is 5.32 Å². The third-order valence-electron chi connectivity index (χ3n) is 3.07. The maximum absolute atomic E-state index is 12.2. The van der Waals surface area contributed by atoms with Crippen molar-refractivity contribution < 1.29 is 14.4 Å². The zero-order valence-electron chi connectivity index (χ0n) is 11.5. The minimum absolute atomic E-state index is 0.0197. The summed E-state index contributed by atoms with van der Waals surface area (Å²) >= 11 is 3.99. The standard InChI is InChI=1S/C14H17N3O3S/c18-12(15-7-8-21)5-6-14(20)17-9-13(19)16-10-3-1-2-4-11(10)17/h1-4,21H,5-9H2,(H,15,18)(H,16,19). The lowest BCUT2D eigenvalue weighted by atomic mass is 10.1. The number of hydrogen-bond acceptors (Lipinski definition) is 4. The van der Waals surface area contributed by atoms with Crippen molar-refractivity contribution in [3.63, 3.8) is 0 Å². The van der Waals surface area contributed by atoms with Crippen molar-refractivity contribution >= 4 is 41.7 Å². The fraction of sp³-hybridized carbons (Fsp3) is 0.357. The highest BCUT2D eigenvalue weighted by atomic mass is 32.1. The van der Waals surface area contributed by atoms with E-state index in [1.54, 1.807) is 24.3 Å². The minimum Gasteiger partial charge on any atom is -0.355 e. The molecule has 7 heteroatoms. The van der Waals surface area contributed by atoms with Crippen LogP contribution in [0.5, 0.6) is 0 Å². The molecule has 0 radical (unpaired) electrons. The van der Waals surface area contributed by atoms with Gasteiger partial charge in [0.1, 0.15) is 6.54 Å². The number of amides is 3. The number of nitrogens with zero attached hydrogens (tertiary/aromatic N) is 1. The Kier molecular flexibility index (Phi) is 5.21. The van der Waals surface area contributed by atoms with E-state index in [4.69, 9.17) is 0 Å². The maximum Gasteiger partial charge on any atom is 0.244 e. The van der Waals surface area contributed by atoms with Crippen LogP contribution >= 0.6 is 12.6 Å². The molecule has 112 valence electrons. The van der Waals surface area contributed by atoms with Crippen LogP contribution < -0.4 is 15.5 Å². The number of fused-ring (bicyclic) bond motifs is 1. The molecule has 1 aliphatic rings. The second-order valence-corrected chi connectivity index (χ2v) is 5.07. The molecule has 1 heterocycles. The molecule has 21 heavy (non-hydrogen) atoms. The van der Waals surface area contributed by atoms with Crippen molar-refractivity contribution in [3.05, 3.63) is 24.3 Å². The molecule has 0 atom stereocenters. The van der Waals surface area contributed by atoms with E-state index in [9.17, 15) is 14.4 Å². The largest absolute Gasteiger partial charge is 0.355 e. The Morgan fingerprint density at radius 1 is 1.29 bits per heavy atom. The van der Waals surface area contributed by atoms with Crippen molar-refractivity contribution in [2.45, 2.75) is 12.8 Å². The molecule has 0 aliphatic carbocycles. The predicted octanol–water partition coefficient (Wildman–Crippen LogP) is 0.798. The molecule has 2 rings (SSSR count). The lowest BCUT2D eigenvalue weighted by Crippen LogP contribution is -2.42. The van der Waals surface area contributed by atoms with Gasteiger partial charge in [-0.15, -0.1) is 0 Å². The van der Waals surface area contributed by atoms with Gasteiger partial charge in [0, 0.05) is 25.1 Å². The Morgan fingerprint density at radius 2 is 2.05 bits per heavy atom. The van der Waals surface area contributed by atoms with E-state index in [2.05, 4.69) is 23.3 Å². The van der Waals surface area contributed by atoms with Crippen LogP contribution in [0.2, 0.25) is 0 Å². The fourth-order valence-corrected chi connectivity index (χ4v) is 2.21. The highest BCUT2D eigenvalue weighted by Crippen LogP contribution is 2.29. The summed E-state index contributed by atoms with van der Waals surface area (Å²) in [5.41, 5.74) is 1.28. The monoisotopic (exact) mass is 307 g/mol. The molecule has 0 unspecified atom stereocenters. The third-order valence-corrected chi connectivity index (χ3v) is 3.30. The van der Waals surface area contributed by atoms with Crippen molar-refractivity contribution in [2.24, 2.45) is 0 Å². The van der Waals surface area contributed by atoms with Gasteiger partial charge < -0.3 is 15.5 Å². The van der Waals surface area contributed by atoms with E-state index in [-0.39, 0.29) is 37.1 Å².